The normalized spacial score (nSPS) is 27.3. The van der Waals surface area contributed by atoms with Crippen molar-refractivity contribution >= 4 is 5.84 Å². The van der Waals surface area contributed by atoms with Crippen molar-refractivity contribution in [2.45, 2.75) is 38.8 Å². The highest BCUT2D eigenvalue weighted by molar-refractivity contribution is 5.83. The van der Waals surface area contributed by atoms with Crippen molar-refractivity contribution in [3.63, 3.8) is 0 Å². The van der Waals surface area contributed by atoms with E-state index in [0.29, 0.717) is 18.4 Å². The lowest BCUT2D eigenvalue weighted by Crippen LogP contribution is -2.44. The van der Waals surface area contributed by atoms with Gasteiger partial charge in [0.25, 0.3) is 0 Å². The highest BCUT2D eigenvalue weighted by Gasteiger charge is 2.42. The van der Waals surface area contributed by atoms with Gasteiger partial charge in [-0.3, -0.25) is 0 Å². The maximum absolute atomic E-state index is 12.7. The van der Waals surface area contributed by atoms with Crippen LogP contribution in [0.4, 0.5) is 13.2 Å². The molecule has 0 heterocycles. The van der Waals surface area contributed by atoms with E-state index >= 15 is 0 Å². The average molecular weight is 281 g/mol. The van der Waals surface area contributed by atoms with Gasteiger partial charge in [0.15, 0.2) is 5.84 Å². The molecule has 7 heteroatoms. The number of nitrogens with one attached hydrogen (secondary N) is 1. The molecule has 0 radical (unpaired) electrons. The van der Waals surface area contributed by atoms with E-state index in [4.69, 9.17) is 10.9 Å². The highest BCUT2D eigenvalue weighted by atomic mass is 19.4. The van der Waals surface area contributed by atoms with Crippen LogP contribution < -0.4 is 11.1 Å². The molecular weight excluding hydrogens is 259 g/mol. The summed E-state index contributed by atoms with van der Waals surface area (Å²) < 4.78 is 38.1. The van der Waals surface area contributed by atoms with Crippen molar-refractivity contribution in [1.82, 2.24) is 5.32 Å². The van der Waals surface area contributed by atoms with Crippen LogP contribution in [0.5, 0.6) is 0 Å². The zero-order valence-corrected chi connectivity index (χ0v) is 11.1. The van der Waals surface area contributed by atoms with E-state index in [1.807, 2.05) is 0 Å². The summed E-state index contributed by atoms with van der Waals surface area (Å²) in [4.78, 5) is 0. The summed E-state index contributed by atoms with van der Waals surface area (Å²) in [7, 11) is 0. The molecule has 3 unspecified atom stereocenters. The first-order valence-electron chi connectivity index (χ1n) is 6.61. The monoisotopic (exact) mass is 281 g/mol. The predicted octanol–water partition coefficient (Wildman–Crippen LogP) is 2.33. The zero-order valence-electron chi connectivity index (χ0n) is 11.1. The summed E-state index contributed by atoms with van der Waals surface area (Å²) in [6, 6.07) is 0. The Kier molecular flexibility index (Phi) is 5.90. The molecule has 4 nitrogen and oxygen atoms in total. The lowest BCUT2D eigenvalue weighted by molar-refractivity contribution is -0.155. The van der Waals surface area contributed by atoms with E-state index < -0.39 is 17.9 Å². The van der Waals surface area contributed by atoms with Gasteiger partial charge >= 0.3 is 6.18 Å². The second kappa shape index (κ2) is 6.98. The van der Waals surface area contributed by atoms with Crippen LogP contribution in [0.15, 0.2) is 5.16 Å². The van der Waals surface area contributed by atoms with Crippen molar-refractivity contribution in [2.75, 3.05) is 13.1 Å². The molecule has 1 rings (SSSR count). The highest BCUT2D eigenvalue weighted by Crippen LogP contribution is 2.29. The number of alkyl halides is 3. The van der Waals surface area contributed by atoms with Gasteiger partial charge in [-0.25, -0.2) is 0 Å². The van der Waals surface area contributed by atoms with Crippen LogP contribution >= 0.6 is 0 Å². The number of rotatable bonds is 5. The molecule has 1 fully saturated rings. The fraction of sp³-hybridized carbons (Fsp3) is 0.917. The predicted molar refractivity (Wildman–Crippen MR) is 66.9 cm³/mol. The molecule has 0 spiro atoms. The van der Waals surface area contributed by atoms with Crippen molar-refractivity contribution in [3.05, 3.63) is 0 Å². The molecule has 0 aliphatic heterocycles. The van der Waals surface area contributed by atoms with Crippen LogP contribution in [0.25, 0.3) is 0 Å². The SMILES string of the molecule is CC1CCCCC1CNCC(C(N)=NO)C(F)(F)F. The second-order valence-corrected chi connectivity index (χ2v) is 5.30. The van der Waals surface area contributed by atoms with Gasteiger partial charge in [0.05, 0.1) is 0 Å². The topological polar surface area (TPSA) is 70.6 Å². The van der Waals surface area contributed by atoms with E-state index in [9.17, 15) is 13.2 Å². The molecule has 0 aromatic heterocycles. The molecule has 112 valence electrons. The first kappa shape index (κ1) is 16.1. The molecule has 0 aromatic carbocycles. The molecular formula is C12H22F3N3O. The minimum atomic E-state index is -4.50. The number of hydrogen-bond acceptors (Lipinski definition) is 3. The van der Waals surface area contributed by atoms with Gasteiger partial charge in [0, 0.05) is 6.54 Å². The number of amidine groups is 1. The van der Waals surface area contributed by atoms with Crippen molar-refractivity contribution in [2.24, 2.45) is 28.6 Å². The van der Waals surface area contributed by atoms with Crippen LogP contribution in [0.1, 0.15) is 32.6 Å². The smallest absolute Gasteiger partial charge is 0.400 e. The third-order valence-corrected chi connectivity index (χ3v) is 3.91. The Labute approximate surface area is 111 Å². The van der Waals surface area contributed by atoms with Crippen LogP contribution in [-0.2, 0) is 0 Å². The van der Waals surface area contributed by atoms with E-state index in [-0.39, 0.29) is 6.54 Å². The van der Waals surface area contributed by atoms with Gasteiger partial charge in [0.1, 0.15) is 5.92 Å². The van der Waals surface area contributed by atoms with E-state index in [0.717, 1.165) is 19.3 Å². The summed E-state index contributed by atoms with van der Waals surface area (Å²) >= 11 is 0. The third-order valence-electron chi connectivity index (χ3n) is 3.91. The minimum absolute atomic E-state index is 0.345. The Hall–Kier alpha value is -0.980. The number of halogens is 3. The third kappa shape index (κ3) is 4.89. The van der Waals surface area contributed by atoms with Gasteiger partial charge in [-0.2, -0.15) is 13.2 Å². The first-order valence-corrected chi connectivity index (χ1v) is 6.61. The summed E-state index contributed by atoms with van der Waals surface area (Å²) in [6.07, 6.45) is 0.0256. The van der Waals surface area contributed by atoms with Crippen molar-refractivity contribution < 1.29 is 18.4 Å². The van der Waals surface area contributed by atoms with Crippen LogP contribution in [0, 0.1) is 17.8 Å². The van der Waals surface area contributed by atoms with Gasteiger partial charge in [-0.1, -0.05) is 31.3 Å². The zero-order chi connectivity index (χ0) is 14.5. The standard InChI is InChI=1S/C12H22F3N3O/c1-8-4-2-3-5-9(8)6-17-7-10(11(16)18-19)12(13,14)15/h8-10,17,19H,2-7H2,1H3,(H2,16,18). The van der Waals surface area contributed by atoms with Crippen molar-refractivity contribution in [1.29, 1.82) is 0 Å². The lowest BCUT2D eigenvalue weighted by atomic mass is 9.80. The molecule has 1 aliphatic rings. The number of oxime groups is 1. The minimum Gasteiger partial charge on any atom is -0.409 e. The van der Waals surface area contributed by atoms with Crippen LogP contribution in [-0.4, -0.2) is 30.3 Å². The number of nitrogens with zero attached hydrogens (tertiary/aromatic N) is 1. The Morgan fingerprint density at radius 2 is 2.05 bits per heavy atom. The van der Waals surface area contributed by atoms with Crippen molar-refractivity contribution in [3.8, 4) is 0 Å². The largest absolute Gasteiger partial charge is 0.409 e. The molecule has 3 atom stereocenters. The van der Waals surface area contributed by atoms with Gasteiger partial charge in [-0.05, 0) is 24.8 Å². The fourth-order valence-corrected chi connectivity index (χ4v) is 2.57. The summed E-state index contributed by atoms with van der Waals surface area (Å²) in [5, 5.41) is 13.7. The average Bonchev–Trinajstić information content (AvgIpc) is 2.34. The van der Waals surface area contributed by atoms with Crippen LogP contribution in [0.2, 0.25) is 0 Å². The number of nitrogens with two attached hydrogens (primary N) is 1. The van der Waals surface area contributed by atoms with E-state index in [2.05, 4.69) is 17.4 Å². The molecule has 1 aliphatic carbocycles. The molecule has 19 heavy (non-hydrogen) atoms. The van der Waals surface area contributed by atoms with E-state index in [1.54, 1.807) is 0 Å². The quantitative estimate of drug-likeness (QED) is 0.313. The molecule has 1 saturated carbocycles. The lowest BCUT2D eigenvalue weighted by Gasteiger charge is -2.29. The maximum Gasteiger partial charge on any atom is 0.400 e. The van der Waals surface area contributed by atoms with Crippen LogP contribution in [0.3, 0.4) is 0 Å². The molecule has 0 amide bonds. The summed E-state index contributed by atoms with van der Waals surface area (Å²) in [5.74, 6) is -1.78. The van der Waals surface area contributed by atoms with E-state index in [1.165, 1.54) is 6.42 Å². The van der Waals surface area contributed by atoms with Gasteiger partial charge in [0.2, 0.25) is 0 Å². The van der Waals surface area contributed by atoms with Gasteiger partial charge in [-0.15, -0.1) is 0 Å². The Morgan fingerprint density at radius 1 is 1.42 bits per heavy atom. The molecule has 0 saturated heterocycles. The Morgan fingerprint density at radius 3 is 2.58 bits per heavy atom. The first-order chi connectivity index (χ1) is 8.86. The fourth-order valence-electron chi connectivity index (χ4n) is 2.57. The molecule has 0 bridgehead atoms. The Balaban J connectivity index is 2.44. The summed E-state index contributed by atoms with van der Waals surface area (Å²) in [5.41, 5.74) is 5.09. The molecule has 0 aromatic rings. The second-order valence-electron chi connectivity index (χ2n) is 5.30. The Bertz CT molecular complexity index is 307. The van der Waals surface area contributed by atoms with Gasteiger partial charge < -0.3 is 16.3 Å². The summed E-state index contributed by atoms with van der Waals surface area (Å²) in [6.45, 7) is 2.34. The maximum atomic E-state index is 12.7. The molecule has 4 N–H and O–H groups in total. The number of hydrogen-bond donors (Lipinski definition) is 3.